The molecule has 4 N–H and O–H groups in total. The normalized spacial score (nSPS) is 11.0. The first-order valence-corrected chi connectivity index (χ1v) is 9.25. The van der Waals surface area contributed by atoms with E-state index < -0.39 is 5.54 Å². The highest BCUT2D eigenvalue weighted by Crippen LogP contribution is 2.40. The molecule has 4 rings (SSSR count). The molecule has 0 bridgehead atoms. The molecule has 0 spiro atoms. The van der Waals surface area contributed by atoms with Crippen molar-refractivity contribution >= 4 is 0 Å². The van der Waals surface area contributed by atoms with Gasteiger partial charge in [0.2, 0.25) is 0 Å². The highest BCUT2D eigenvalue weighted by atomic mass is 16.0. The van der Waals surface area contributed by atoms with Gasteiger partial charge >= 0.3 is 0 Å². The third-order valence-corrected chi connectivity index (χ3v) is 5.00. The van der Waals surface area contributed by atoms with Crippen LogP contribution in [0.5, 0.6) is 0 Å². The Hall–Kier alpha value is -3.21. The maximum absolute atomic E-state index is 5.76. The van der Waals surface area contributed by atoms with Crippen LogP contribution in [-0.2, 0) is 12.0 Å². The Balaban J connectivity index is 0.00000225. The SMILES string of the molecule is NCCc1cn(C(c2ccccc2)(c2ccccc2)c2ccccc2)cn1.O. The molecule has 0 saturated heterocycles. The van der Waals surface area contributed by atoms with Crippen molar-refractivity contribution < 1.29 is 5.48 Å². The highest BCUT2D eigenvalue weighted by molar-refractivity contribution is 5.50. The molecule has 4 aromatic rings. The van der Waals surface area contributed by atoms with Gasteiger partial charge in [0.25, 0.3) is 0 Å². The summed E-state index contributed by atoms with van der Waals surface area (Å²) in [4.78, 5) is 4.63. The molecule has 0 radical (unpaired) electrons. The number of imidazole rings is 1. The number of hydrogen-bond donors (Lipinski definition) is 1. The van der Waals surface area contributed by atoms with Gasteiger partial charge in [0.05, 0.1) is 12.0 Å². The molecular formula is C24H25N3O. The molecule has 0 aliphatic heterocycles. The molecule has 1 aromatic heterocycles. The summed E-state index contributed by atoms with van der Waals surface area (Å²) < 4.78 is 2.22. The Kier molecular flexibility index (Phi) is 6.04. The summed E-state index contributed by atoms with van der Waals surface area (Å²) in [5, 5.41) is 0. The van der Waals surface area contributed by atoms with Crippen molar-refractivity contribution in [1.82, 2.24) is 9.55 Å². The van der Waals surface area contributed by atoms with E-state index in [2.05, 4.69) is 107 Å². The fourth-order valence-corrected chi connectivity index (χ4v) is 3.81. The smallest absolute Gasteiger partial charge is 0.121 e. The number of nitrogens with zero attached hydrogens (tertiary/aromatic N) is 2. The Morgan fingerprint density at radius 2 is 1.14 bits per heavy atom. The zero-order valence-corrected chi connectivity index (χ0v) is 15.7. The van der Waals surface area contributed by atoms with Gasteiger partial charge in [-0.1, -0.05) is 91.0 Å². The van der Waals surface area contributed by atoms with Crippen LogP contribution in [0.3, 0.4) is 0 Å². The van der Waals surface area contributed by atoms with E-state index >= 15 is 0 Å². The molecule has 142 valence electrons. The summed E-state index contributed by atoms with van der Waals surface area (Å²) in [5.41, 5.74) is 9.85. The number of aromatic nitrogens is 2. The first-order valence-electron chi connectivity index (χ1n) is 9.25. The summed E-state index contributed by atoms with van der Waals surface area (Å²) in [6.07, 6.45) is 4.82. The largest absolute Gasteiger partial charge is 0.412 e. The number of benzene rings is 3. The van der Waals surface area contributed by atoms with Crippen LogP contribution in [0, 0.1) is 0 Å². The third-order valence-electron chi connectivity index (χ3n) is 5.00. The monoisotopic (exact) mass is 371 g/mol. The van der Waals surface area contributed by atoms with Crippen LogP contribution in [-0.4, -0.2) is 21.6 Å². The standard InChI is InChI=1S/C24H23N3.H2O/c25-17-16-23-18-27(19-26-23)24(20-10-4-1-5-11-20,21-12-6-2-7-13-21)22-14-8-3-9-15-22;/h1-15,18-19H,16-17,25H2;1H2. The van der Waals surface area contributed by atoms with Gasteiger partial charge in [-0.15, -0.1) is 0 Å². The lowest BCUT2D eigenvalue weighted by Crippen LogP contribution is -2.36. The number of hydrogen-bond acceptors (Lipinski definition) is 2. The molecule has 0 saturated carbocycles. The molecule has 0 atom stereocenters. The zero-order chi connectivity index (χ0) is 18.5. The average molecular weight is 371 g/mol. The van der Waals surface area contributed by atoms with Crippen LogP contribution >= 0.6 is 0 Å². The van der Waals surface area contributed by atoms with Crippen molar-refractivity contribution in [3.05, 3.63) is 126 Å². The van der Waals surface area contributed by atoms with E-state index in [0.29, 0.717) is 6.54 Å². The van der Waals surface area contributed by atoms with E-state index in [1.807, 2.05) is 6.33 Å². The predicted molar refractivity (Wildman–Crippen MR) is 113 cm³/mol. The number of rotatable bonds is 6. The van der Waals surface area contributed by atoms with Crippen LogP contribution in [0.2, 0.25) is 0 Å². The van der Waals surface area contributed by atoms with Gasteiger partial charge in [-0.2, -0.15) is 0 Å². The minimum Gasteiger partial charge on any atom is -0.412 e. The first kappa shape index (κ1) is 19.5. The van der Waals surface area contributed by atoms with Crippen molar-refractivity contribution in [2.75, 3.05) is 6.54 Å². The first-order chi connectivity index (χ1) is 13.4. The second-order valence-electron chi connectivity index (χ2n) is 6.62. The molecule has 3 aromatic carbocycles. The van der Waals surface area contributed by atoms with Crippen LogP contribution < -0.4 is 5.73 Å². The summed E-state index contributed by atoms with van der Waals surface area (Å²) in [7, 11) is 0. The van der Waals surface area contributed by atoms with E-state index in [1.165, 1.54) is 16.7 Å². The summed E-state index contributed by atoms with van der Waals surface area (Å²) in [6, 6.07) is 31.8. The fraction of sp³-hybridized carbons (Fsp3) is 0.125. The van der Waals surface area contributed by atoms with Gasteiger partial charge in [-0.3, -0.25) is 0 Å². The zero-order valence-electron chi connectivity index (χ0n) is 15.7. The van der Waals surface area contributed by atoms with Crippen LogP contribution in [0.15, 0.2) is 104 Å². The highest BCUT2D eigenvalue weighted by Gasteiger charge is 2.38. The quantitative estimate of drug-likeness (QED) is 0.528. The van der Waals surface area contributed by atoms with E-state index in [4.69, 9.17) is 5.73 Å². The van der Waals surface area contributed by atoms with Gasteiger partial charge in [0.15, 0.2) is 0 Å². The minimum absolute atomic E-state index is 0. The Morgan fingerprint density at radius 3 is 1.54 bits per heavy atom. The Morgan fingerprint density at radius 1 is 0.714 bits per heavy atom. The summed E-state index contributed by atoms with van der Waals surface area (Å²) >= 11 is 0. The molecule has 0 aliphatic rings. The molecule has 1 heterocycles. The molecular weight excluding hydrogens is 346 g/mol. The van der Waals surface area contributed by atoms with Gasteiger partial charge < -0.3 is 15.8 Å². The average Bonchev–Trinajstić information content (AvgIpc) is 3.20. The molecule has 0 aliphatic carbocycles. The summed E-state index contributed by atoms with van der Waals surface area (Å²) in [5.74, 6) is 0. The van der Waals surface area contributed by atoms with Crippen LogP contribution in [0.4, 0.5) is 0 Å². The lowest BCUT2D eigenvalue weighted by atomic mass is 9.77. The molecule has 4 nitrogen and oxygen atoms in total. The van der Waals surface area contributed by atoms with Crippen molar-refractivity contribution in [2.45, 2.75) is 12.0 Å². The number of nitrogens with two attached hydrogens (primary N) is 1. The van der Waals surface area contributed by atoms with Gasteiger partial charge in [-0.05, 0) is 23.2 Å². The molecule has 4 heteroatoms. The Bertz CT molecular complexity index is 885. The maximum Gasteiger partial charge on any atom is 0.121 e. The van der Waals surface area contributed by atoms with Crippen LogP contribution in [0.1, 0.15) is 22.4 Å². The minimum atomic E-state index is -0.496. The van der Waals surface area contributed by atoms with Crippen molar-refractivity contribution in [1.29, 1.82) is 0 Å². The van der Waals surface area contributed by atoms with Gasteiger partial charge in [0, 0.05) is 12.6 Å². The van der Waals surface area contributed by atoms with E-state index in [9.17, 15) is 0 Å². The van der Waals surface area contributed by atoms with E-state index in [-0.39, 0.29) is 5.48 Å². The van der Waals surface area contributed by atoms with Gasteiger partial charge in [0.1, 0.15) is 5.54 Å². The predicted octanol–water partition coefficient (Wildman–Crippen LogP) is 3.40. The van der Waals surface area contributed by atoms with Crippen molar-refractivity contribution in [2.24, 2.45) is 5.73 Å². The summed E-state index contributed by atoms with van der Waals surface area (Å²) in [6.45, 7) is 0.589. The Labute approximate surface area is 165 Å². The third kappa shape index (κ3) is 3.36. The molecule has 0 fully saturated rings. The van der Waals surface area contributed by atoms with Crippen molar-refractivity contribution in [3.63, 3.8) is 0 Å². The fourth-order valence-electron chi connectivity index (χ4n) is 3.81. The lowest BCUT2D eigenvalue weighted by molar-refractivity contribution is 0.514. The lowest BCUT2D eigenvalue weighted by Gasteiger charge is -2.37. The molecule has 0 amide bonds. The second-order valence-corrected chi connectivity index (χ2v) is 6.62. The topological polar surface area (TPSA) is 75.3 Å². The maximum atomic E-state index is 5.76. The van der Waals surface area contributed by atoms with Gasteiger partial charge in [-0.25, -0.2) is 4.98 Å². The van der Waals surface area contributed by atoms with E-state index in [0.717, 1.165) is 12.1 Å². The van der Waals surface area contributed by atoms with Crippen molar-refractivity contribution in [3.8, 4) is 0 Å². The second kappa shape index (κ2) is 8.65. The molecule has 0 unspecified atom stereocenters. The molecule has 28 heavy (non-hydrogen) atoms. The van der Waals surface area contributed by atoms with Crippen LogP contribution in [0.25, 0.3) is 0 Å². The van der Waals surface area contributed by atoms with E-state index in [1.54, 1.807) is 0 Å².